The highest BCUT2D eigenvalue weighted by Gasteiger charge is 2.07. The van der Waals surface area contributed by atoms with Gasteiger partial charge in [-0.25, -0.2) is 0 Å². The molecule has 0 saturated carbocycles. The van der Waals surface area contributed by atoms with Gasteiger partial charge in [-0.1, -0.05) is 96.8 Å². The Kier molecular flexibility index (Phi) is 19.8. The first-order chi connectivity index (χ1) is 12.2. The molecule has 4 heteroatoms. The zero-order valence-electron chi connectivity index (χ0n) is 16.4. The van der Waals surface area contributed by atoms with Gasteiger partial charge in [0.2, 0.25) is 0 Å². The summed E-state index contributed by atoms with van der Waals surface area (Å²) >= 11 is 5.68. The molecule has 0 amide bonds. The Morgan fingerprint density at radius 2 is 1.20 bits per heavy atom. The zero-order chi connectivity index (χ0) is 18.6. The molecule has 0 aromatic carbocycles. The molecule has 150 valence electrons. The van der Waals surface area contributed by atoms with Gasteiger partial charge in [0.25, 0.3) is 0 Å². The summed E-state index contributed by atoms with van der Waals surface area (Å²) in [5.74, 6) is -0.200. The summed E-state index contributed by atoms with van der Waals surface area (Å²) in [6.45, 7) is 2.22. The molecule has 0 aliphatic rings. The minimum absolute atomic E-state index is 0.107. The van der Waals surface area contributed by atoms with E-state index in [0.717, 1.165) is 12.8 Å². The van der Waals surface area contributed by atoms with Gasteiger partial charge in [0.1, 0.15) is 6.61 Å². The lowest BCUT2D eigenvalue weighted by atomic mass is 10.0. The van der Waals surface area contributed by atoms with Crippen LogP contribution in [0.2, 0.25) is 0 Å². The fourth-order valence-corrected chi connectivity index (χ4v) is 3.01. The Balaban J connectivity index is 3.12. The maximum absolute atomic E-state index is 11.4. The second kappa shape index (κ2) is 20.0. The van der Waals surface area contributed by atoms with Crippen molar-refractivity contribution in [3.63, 3.8) is 0 Å². The number of aliphatic hydroxyl groups is 1. The smallest absolute Gasteiger partial charge is 0.305 e. The fourth-order valence-electron chi connectivity index (χ4n) is 2.95. The molecule has 0 saturated heterocycles. The van der Waals surface area contributed by atoms with E-state index in [1.807, 2.05) is 0 Å². The number of aliphatic hydroxyl groups excluding tert-OH is 1. The van der Waals surface area contributed by atoms with E-state index in [0.29, 0.717) is 6.42 Å². The Bertz CT molecular complexity index is 284. The Labute approximate surface area is 160 Å². The number of halogens is 1. The van der Waals surface area contributed by atoms with Gasteiger partial charge in [0, 0.05) is 6.42 Å². The molecule has 0 aliphatic heterocycles. The van der Waals surface area contributed by atoms with Crippen LogP contribution in [0.3, 0.4) is 0 Å². The number of carbonyl (C=O) groups is 1. The highest BCUT2D eigenvalue weighted by atomic mass is 35.5. The number of rotatable bonds is 19. The monoisotopic (exact) mass is 376 g/mol. The van der Waals surface area contributed by atoms with Gasteiger partial charge >= 0.3 is 5.97 Å². The molecule has 0 bridgehead atoms. The van der Waals surface area contributed by atoms with Crippen LogP contribution in [0.25, 0.3) is 0 Å². The second-order valence-corrected chi connectivity index (χ2v) is 7.78. The number of hydrogen-bond donors (Lipinski definition) is 1. The van der Waals surface area contributed by atoms with Crippen LogP contribution in [0, 0.1) is 0 Å². The van der Waals surface area contributed by atoms with Crippen molar-refractivity contribution in [3.8, 4) is 0 Å². The summed E-state index contributed by atoms with van der Waals surface area (Å²) in [5.41, 5.74) is 0. The van der Waals surface area contributed by atoms with Crippen LogP contribution in [-0.2, 0) is 9.53 Å². The van der Waals surface area contributed by atoms with Crippen molar-refractivity contribution in [3.05, 3.63) is 0 Å². The number of carbonyl (C=O) groups excluding carboxylic acids is 1. The molecule has 0 aromatic heterocycles. The van der Waals surface area contributed by atoms with Crippen molar-refractivity contribution in [1.82, 2.24) is 0 Å². The fraction of sp³-hybridized carbons (Fsp3) is 0.952. The summed E-state index contributed by atoms with van der Waals surface area (Å²) in [5, 5.41) is 8.26. The summed E-state index contributed by atoms with van der Waals surface area (Å²) in [4.78, 5) is 11.4. The van der Waals surface area contributed by atoms with Crippen molar-refractivity contribution in [2.24, 2.45) is 0 Å². The third kappa shape index (κ3) is 19.9. The van der Waals surface area contributed by atoms with Crippen molar-refractivity contribution in [1.29, 1.82) is 0 Å². The van der Waals surface area contributed by atoms with E-state index in [-0.39, 0.29) is 19.2 Å². The minimum Gasteiger partial charge on any atom is -0.464 e. The topological polar surface area (TPSA) is 46.5 Å². The molecule has 0 aromatic rings. The number of alkyl halides is 1. The van der Waals surface area contributed by atoms with Crippen molar-refractivity contribution >= 4 is 17.6 Å². The van der Waals surface area contributed by atoms with E-state index >= 15 is 0 Å². The first-order valence-electron chi connectivity index (χ1n) is 10.6. The molecule has 1 N–H and O–H groups in total. The Morgan fingerprint density at radius 3 is 1.60 bits per heavy atom. The molecule has 25 heavy (non-hydrogen) atoms. The quantitative estimate of drug-likeness (QED) is 0.161. The highest BCUT2D eigenvalue weighted by molar-refractivity contribution is 6.20. The largest absolute Gasteiger partial charge is 0.464 e. The Morgan fingerprint density at radius 1 is 0.800 bits per heavy atom. The molecular weight excluding hydrogens is 336 g/mol. The van der Waals surface area contributed by atoms with Gasteiger partial charge in [-0.15, -0.1) is 11.6 Å². The Hall–Kier alpha value is -0.280. The van der Waals surface area contributed by atoms with Crippen molar-refractivity contribution < 1.29 is 14.6 Å². The van der Waals surface area contributed by atoms with Crippen LogP contribution in [0.1, 0.15) is 110 Å². The first-order valence-corrected chi connectivity index (χ1v) is 11.0. The van der Waals surface area contributed by atoms with Gasteiger partial charge < -0.3 is 9.84 Å². The van der Waals surface area contributed by atoms with Gasteiger partial charge in [-0.3, -0.25) is 4.79 Å². The average Bonchev–Trinajstić information content (AvgIpc) is 2.62. The highest BCUT2D eigenvalue weighted by Crippen LogP contribution is 2.13. The molecule has 0 spiro atoms. The predicted octanol–water partition coefficient (Wildman–Crippen LogP) is 6.39. The average molecular weight is 377 g/mol. The van der Waals surface area contributed by atoms with E-state index in [4.69, 9.17) is 21.4 Å². The van der Waals surface area contributed by atoms with Crippen LogP contribution < -0.4 is 0 Å². The van der Waals surface area contributed by atoms with Gasteiger partial charge in [-0.05, 0) is 6.42 Å². The first kappa shape index (κ1) is 24.7. The van der Waals surface area contributed by atoms with Crippen LogP contribution in [0.15, 0.2) is 0 Å². The zero-order valence-corrected chi connectivity index (χ0v) is 17.2. The van der Waals surface area contributed by atoms with Crippen molar-refractivity contribution in [2.45, 2.75) is 115 Å². The normalized spacial score (nSPS) is 12.3. The summed E-state index contributed by atoms with van der Waals surface area (Å²) in [6, 6.07) is 0. The predicted molar refractivity (Wildman–Crippen MR) is 107 cm³/mol. The van der Waals surface area contributed by atoms with E-state index in [2.05, 4.69) is 6.92 Å². The molecule has 0 fully saturated rings. The van der Waals surface area contributed by atoms with Gasteiger partial charge in [-0.2, -0.15) is 0 Å². The maximum atomic E-state index is 11.4. The van der Waals surface area contributed by atoms with Crippen LogP contribution in [-0.4, -0.2) is 29.7 Å². The summed E-state index contributed by atoms with van der Waals surface area (Å²) in [6.07, 6.45) is 20.2. The van der Waals surface area contributed by atoms with E-state index < -0.39 is 5.38 Å². The SMILES string of the molecule is CCCCCCCCCCCCCCCCCC(=O)OCC(Cl)CO. The van der Waals surface area contributed by atoms with Crippen LogP contribution >= 0.6 is 11.6 Å². The molecule has 0 radical (unpaired) electrons. The number of unbranched alkanes of at least 4 members (excludes halogenated alkanes) is 14. The molecule has 1 unspecified atom stereocenters. The molecule has 1 atom stereocenters. The number of hydrogen-bond acceptors (Lipinski definition) is 3. The van der Waals surface area contributed by atoms with Crippen LogP contribution in [0.5, 0.6) is 0 Å². The van der Waals surface area contributed by atoms with E-state index in [9.17, 15) is 4.79 Å². The molecule has 3 nitrogen and oxygen atoms in total. The third-order valence-corrected chi connectivity index (χ3v) is 4.87. The van der Waals surface area contributed by atoms with E-state index in [1.165, 1.54) is 83.5 Å². The number of ether oxygens (including phenoxy) is 1. The molecule has 0 heterocycles. The molecule has 0 rings (SSSR count). The lowest BCUT2D eigenvalue weighted by Crippen LogP contribution is -2.16. The van der Waals surface area contributed by atoms with Crippen molar-refractivity contribution in [2.75, 3.05) is 13.2 Å². The van der Waals surface area contributed by atoms with Crippen LogP contribution in [0.4, 0.5) is 0 Å². The number of esters is 1. The lowest BCUT2D eigenvalue weighted by molar-refractivity contribution is -0.143. The lowest BCUT2D eigenvalue weighted by Gasteiger charge is -2.07. The molecular formula is C21H41ClO3. The second-order valence-electron chi connectivity index (χ2n) is 7.16. The summed E-state index contributed by atoms with van der Waals surface area (Å²) < 4.78 is 4.98. The minimum atomic E-state index is -0.481. The summed E-state index contributed by atoms with van der Waals surface area (Å²) in [7, 11) is 0. The van der Waals surface area contributed by atoms with Gasteiger partial charge in [0.05, 0.1) is 12.0 Å². The standard InChI is InChI=1S/C21H41ClO3/c1-2-3-4-5-6-7-8-9-10-11-12-13-14-15-16-17-21(24)25-19-20(22)18-23/h20,23H,2-19H2,1H3. The van der Waals surface area contributed by atoms with Gasteiger partial charge in [0.15, 0.2) is 0 Å². The van der Waals surface area contributed by atoms with E-state index in [1.54, 1.807) is 0 Å². The third-order valence-electron chi connectivity index (χ3n) is 4.61. The molecule has 0 aliphatic carbocycles. The maximum Gasteiger partial charge on any atom is 0.305 e.